The van der Waals surface area contributed by atoms with Crippen molar-refractivity contribution >= 4 is 34.3 Å². The van der Waals surface area contributed by atoms with Gasteiger partial charge >= 0.3 is 0 Å². The highest BCUT2D eigenvalue weighted by atomic mass is 16.1. The third-order valence-corrected chi connectivity index (χ3v) is 2.18. The van der Waals surface area contributed by atoms with Gasteiger partial charge in [0.25, 0.3) is 0 Å². The van der Waals surface area contributed by atoms with E-state index in [1.165, 1.54) is 12.2 Å². The molecule has 76 valence electrons. The van der Waals surface area contributed by atoms with Crippen LogP contribution < -0.4 is 0 Å². The molecule has 4 nitrogen and oxygen atoms in total. The van der Waals surface area contributed by atoms with Gasteiger partial charge < -0.3 is 0 Å². The number of nitrogens with zero attached hydrogens (tertiary/aromatic N) is 2. The average molecular weight is 210 g/mol. The molecule has 0 saturated carbocycles. The topological polar surface area (TPSA) is 58.9 Å². The van der Waals surface area contributed by atoms with Crippen LogP contribution in [0.3, 0.4) is 0 Å². The van der Waals surface area contributed by atoms with E-state index >= 15 is 0 Å². The number of benzene rings is 2. The van der Waals surface area contributed by atoms with E-state index in [2.05, 4.69) is 9.98 Å². The summed E-state index contributed by atoms with van der Waals surface area (Å²) < 4.78 is 0. The molecule has 0 bridgehead atoms. The lowest BCUT2D eigenvalue weighted by Gasteiger charge is -2.00. The van der Waals surface area contributed by atoms with Gasteiger partial charge in [0.15, 0.2) is 0 Å². The van der Waals surface area contributed by atoms with E-state index in [9.17, 15) is 9.59 Å². The van der Waals surface area contributed by atoms with E-state index in [1.54, 1.807) is 30.3 Å². The van der Waals surface area contributed by atoms with Gasteiger partial charge in [-0.05, 0) is 23.6 Å². The Labute approximate surface area is 91.0 Å². The SMILES string of the molecule is O=C=Nc1ccc2cccc(N=C=O)c2c1. The summed E-state index contributed by atoms with van der Waals surface area (Å²) in [5.41, 5.74) is 0.992. The second-order valence-corrected chi connectivity index (χ2v) is 3.09. The minimum atomic E-state index is 0.482. The van der Waals surface area contributed by atoms with Crippen LogP contribution in [0.2, 0.25) is 0 Å². The first-order valence-electron chi connectivity index (χ1n) is 4.53. The van der Waals surface area contributed by atoms with Gasteiger partial charge in [0.1, 0.15) is 0 Å². The van der Waals surface area contributed by atoms with Crippen molar-refractivity contribution in [1.29, 1.82) is 0 Å². The van der Waals surface area contributed by atoms with Gasteiger partial charge in [-0.3, -0.25) is 0 Å². The Morgan fingerprint density at radius 3 is 2.50 bits per heavy atom. The molecule has 0 aliphatic rings. The monoisotopic (exact) mass is 210 g/mol. The van der Waals surface area contributed by atoms with Crippen LogP contribution in [0.15, 0.2) is 46.4 Å². The number of isocyanates is 2. The van der Waals surface area contributed by atoms with Gasteiger partial charge in [-0.2, -0.15) is 9.98 Å². The molecule has 0 N–H and O–H groups in total. The highest BCUT2D eigenvalue weighted by Gasteiger charge is 2.00. The first-order chi connectivity index (χ1) is 7.85. The Morgan fingerprint density at radius 2 is 1.75 bits per heavy atom. The first-order valence-corrected chi connectivity index (χ1v) is 4.53. The maximum Gasteiger partial charge on any atom is 0.240 e. The summed E-state index contributed by atoms with van der Waals surface area (Å²) in [4.78, 5) is 27.5. The highest BCUT2D eigenvalue weighted by molar-refractivity contribution is 5.95. The van der Waals surface area contributed by atoms with Crippen molar-refractivity contribution in [3.8, 4) is 0 Å². The van der Waals surface area contributed by atoms with Crippen molar-refractivity contribution in [2.45, 2.75) is 0 Å². The van der Waals surface area contributed by atoms with E-state index < -0.39 is 0 Å². The van der Waals surface area contributed by atoms with Crippen molar-refractivity contribution in [2.75, 3.05) is 0 Å². The minimum Gasteiger partial charge on any atom is -0.211 e. The van der Waals surface area contributed by atoms with Crippen molar-refractivity contribution in [1.82, 2.24) is 0 Å². The second-order valence-electron chi connectivity index (χ2n) is 3.09. The van der Waals surface area contributed by atoms with Crippen LogP contribution in [0.5, 0.6) is 0 Å². The zero-order valence-corrected chi connectivity index (χ0v) is 8.18. The number of hydrogen-bond donors (Lipinski definition) is 0. The number of hydrogen-bond acceptors (Lipinski definition) is 4. The van der Waals surface area contributed by atoms with Crippen LogP contribution in [0.4, 0.5) is 11.4 Å². The molecule has 0 spiro atoms. The summed E-state index contributed by atoms with van der Waals surface area (Å²) >= 11 is 0. The van der Waals surface area contributed by atoms with Gasteiger partial charge in [0, 0.05) is 5.39 Å². The standard InChI is InChI=1S/C12H6N2O2/c15-7-13-10-5-4-9-2-1-3-12(14-8-16)11(9)6-10/h1-6H. The smallest absolute Gasteiger partial charge is 0.211 e. The summed E-state index contributed by atoms with van der Waals surface area (Å²) in [6, 6.07) is 10.5. The predicted octanol–water partition coefficient (Wildman–Crippen LogP) is 2.77. The molecule has 0 atom stereocenters. The van der Waals surface area contributed by atoms with Crippen LogP contribution in [0.25, 0.3) is 10.8 Å². The molecule has 16 heavy (non-hydrogen) atoms. The van der Waals surface area contributed by atoms with Crippen LogP contribution in [-0.4, -0.2) is 12.2 Å². The van der Waals surface area contributed by atoms with Crippen LogP contribution in [0.1, 0.15) is 0 Å². The second kappa shape index (κ2) is 4.32. The molecule has 0 aliphatic heterocycles. The van der Waals surface area contributed by atoms with E-state index in [4.69, 9.17) is 0 Å². The molecule has 4 heteroatoms. The molecular formula is C12H6N2O2. The van der Waals surface area contributed by atoms with Gasteiger partial charge in [-0.1, -0.05) is 18.2 Å². The Morgan fingerprint density at radius 1 is 0.938 bits per heavy atom. The summed E-state index contributed by atoms with van der Waals surface area (Å²) in [6.45, 7) is 0. The maximum absolute atomic E-state index is 10.3. The van der Waals surface area contributed by atoms with Gasteiger partial charge in [-0.15, -0.1) is 0 Å². The maximum atomic E-state index is 10.3. The lowest BCUT2D eigenvalue weighted by atomic mass is 10.1. The van der Waals surface area contributed by atoms with E-state index in [1.807, 2.05) is 6.07 Å². The Balaban J connectivity index is 2.77. The lowest BCUT2D eigenvalue weighted by Crippen LogP contribution is -1.74. The van der Waals surface area contributed by atoms with Gasteiger partial charge in [0.05, 0.1) is 11.4 Å². The fraction of sp³-hybridized carbons (Fsp3) is 0. The Kier molecular flexibility index (Phi) is 2.70. The molecule has 0 fully saturated rings. The van der Waals surface area contributed by atoms with Crippen LogP contribution in [0, 0.1) is 0 Å². The number of aliphatic imine (C=N–C) groups is 2. The molecule has 2 aromatic carbocycles. The van der Waals surface area contributed by atoms with Crippen molar-refractivity contribution in [3.63, 3.8) is 0 Å². The fourth-order valence-electron chi connectivity index (χ4n) is 1.51. The summed E-state index contributed by atoms with van der Waals surface area (Å²) in [5.74, 6) is 0. The Hall–Kier alpha value is -2.54. The quantitative estimate of drug-likeness (QED) is 0.565. The summed E-state index contributed by atoms with van der Waals surface area (Å²) in [6.07, 6.45) is 2.96. The summed E-state index contributed by atoms with van der Waals surface area (Å²) in [7, 11) is 0. The Bertz CT molecular complexity index is 637. The third kappa shape index (κ3) is 1.79. The largest absolute Gasteiger partial charge is 0.240 e. The van der Waals surface area contributed by atoms with Gasteiger partial charge in [0.2, 0.25) is 12.2 Å². The highest BCUT2D eigenvalue weighted by Crippen LogP contribution is 2.28. The van der Waals surface area contributed by atoms with Crippen LogP contribution >= 0.6 is 0 Å². The third-order valence-electron chi connectivity index (χ3n) is 2.18. The number of rotatable bonds is 2. The molecule has 0 saturated heterocycles. The predicted molar refractivity (Wildman–Crippen MR) is 59.5 cm³/mol. The molecule has 0 radical (unpaired) electrons. The molecule has 0 heterocycles. The number of carbonyl (C=O) groups excluding carboxylic acids is 2. The summed E-state index contributed by atoms with van der Waals surface area (Å²) in [5, 5.41) is 1.67. The first kappa shape index (κ1) is 9.99. The molecule has 2 aromatic rings. The number of fused-ring (bicyclic) bond motifs is 1. The minimum absolute atomic E-state index is 0.482. The zero-order valence-electron chi connectivity index (χ0n) is 8.18. The van der Waals surface area contributed by atoms with E-state index in [0.717, 1.165) is 10.8 Å². The molecule has 0 amide bonds. The van der Waals surface area contributed by atoms with Crippen molar-refractivity contribution in [2.24, 2.45) is 9.98 Å². The molecule has 0 aliphatic carbocycles. The van der Waals surface area contributed by atoms with Crippen LogP contribution in [-0.2, 0) is 9.59 Å². The average Bonchev–Trinajstić information content (AvgIpc) is 2.31. The molecule has 2 rings (SSSR count). The molecular weight excluding hydrogens is 204 g/mol. The lowest BCUT2D eigenvalue weighted by molar-refractivity contribution is 0.564. The fourth-order valence-corrected chi connectivity index (χ4v) is 1.51. The zero-order chi connectivity index (χ0) is 11.4. The van der Waals surface area contributed by atoms with E-state index in [-0.39, 0.29) is 0 Å². The van der Waals surface area contributed by atoms with E-state index in [0.29, 0.717) is 11.4 Å². The normalized spacial score (nSPS) is 9.25. The van der Waals surface area contributed by atoms with Crippen molar-refractivity contribution < 1.29 is 9.59 Å². The molecule has 0 aromatic heterocycles. The van der Waals surface area contributed by atoms with Crippen molar-refractivity contribution in [3.05, 3.63) is 36.4 Å². The molecule has 0 unspecified atom stereocenters. The van der Waals surface area contributed by atoms with Gasteiger partial charge in [-0.25, -0.2) is 9.59 Å².